The molecule has 4 heterocycles. The van der Waals surface area contributed by atoms with E-state index in [2.05, 4.69) is 76.7 Å². The number of halogens is 4. The van der Waals surface area contributed by atoms with Crippen LogP contribution in [0.1, 0.15) is 191 Å². The lowest BCUT2D eigenvalue weighted by Gasteiger charge is -2.37. The fourth-order valence-electron chi connectivity index (χ4n) is 12.5. The molecule has 4 saturated heterocycles. The molecule has 4 aliphatic heterocycles. The third-order valence-corrected chi connectivity index (χ3v) is 17.3. The highest BCUT2D eigenvalue weighted by Gasteiger charge is 2.26. The standard InChI is InChI=1S/C62H108N4O4.4HI/c1-63(39-21-13-22-40-63)35-17-5-9-29-47-67-59-51-57(52-60(55-59)68-48-30-10-6-18-36-64(2)41-23-14-24-42-64)33-34-58-53-61(69-49-31-11-7-19-37-65(3)43-25-15-26-44-65)56-62(54-58)70-50-32-12-8-20-38-66(4)45-27-16-28-46-66;;;;/h33-34,51-56H,5-32,35-50H2,1-4H3;4*1H/q+4;;;;/p-4/b34-33+;;;;. The first-order valence-electron chi connectivity index (χ1n) is 29.9. The lowest BCUT2D eigenvalue weighted by molar-refractivity contribution is -0.914. The third-order valence-electron chi connectivity index (χ3n) is 17.3. The van der Waals surface area contributed by atoms with Crippen LogP contribution in [-0.2, 0) is 0 Å². The number of ether oxygens (including phenoxy) is 4. The minimum Gasteiger partial charge on any atom is -1.00 e. The molecule has 0 N–H and O–H groups in total. The maximum absolute atomic E-state index is 6.49. The van der Waals surface area contributed by atoms with Gasteiger partial charge >= 0.3 is 0 Å². The van der Waals surface area contributed by atoms with Crippen LogP contribution in [0.25, 0.3) is 12.2 Å². The second kappa shape index (κ2) is 39.5. The molecule has 0 aliphatic carbocycles. The summed E-state index contributed by atoms with van der Waals surface area (Å²) < 4.78 is 31.1. The van der Waals surface area contributed by atoms with E-state index in [1.54, 1.807) is 0 Å². The van der Waals surface area contributed by atoms with Gasteiger partial charge in [0.05, 0.1) is 133 Å². The summed E-state index contributed by atoms with van der Waals surface area (Å²) in [6.07, 6.45) is 41.0. The largest absolute Gasteiger partial charge is 1.00 e. The summed E-state index contributed by atoms with van der Waals surface area (Å²) in [5.74, 6) is 3.62. The fourth-order valence-corrected chi connectivity index (χ4v) is 12.5. The number of quaternary nitrogens is 4. The summed E-state index contributed by atoms with van der Waals surface area (Å²) in [5.41, 5.74) is 2.19. The van der Waals surface area contributed by atoms with Gasteiger partial charge in [-0.1, -0.05) is 12.2 Å². The molecule has 8 nitrogen and oxygen atoms in total. The van der Waals surface area contributed by atoms with Gasteiger partial charge in [-0.05, 0) is 215 Å². The predicted octanol–water partition coefficient (Wildman–Crippen LogP) is 2.15. The number of unbranched alkanes of at least 4 members (excludes halogenated alkanes) is 12. The van der Waals surface area contributed by atoms with Crippen molar-refractivity contribution in [1.29, 1.82) is 0 Å². The zero-order valence-electron chi connectivity index (χ0n) is 47.7. The van der Waals surface area contributed by atoms with E-state index >= 15 is 0 Å². The van der Waals surface area contributed by atoms with Crippen molar-refractivity contribution in [3.8, 4) is 23.0 Å². The molecule has 2 aromatic rings. The Hall–Kier alpha value is 0.140. The fraction of sp³-hybridized carbons (Fsp3) is 0.774. The van der Waals surface area contributed by atoms with Crippen LogP contribution in [0.5, 0.6) is 23.0 Å². The van der Waals surface area contributed by atoms with Gasteiger partial charge in [0.25, 0.3) is 0 Å². The van der Waals surface area contributed by atoms with E-state index in [0.717, 1.165) is 86.2 Å². The zero-order valence-corrected chi connectivity index (χ0v) is 56.3. The van der Waals surface area contributed by atoms with Crippen molar-refractivity contribution in [1.82, 2.24) is 0 Å². The van der Waals surface area contributed by atoms with Crippen LogP contribution in [0.15, 0.2) is 36.4 Å². The minimum atomic E-state index is 0. The number of nitrogens with zero attached hydrogens (tertiary/aromatic N) is 4. The molecule has 4 aliphatic rings. The van der Waals surface area contributed by atoms with Gasteiger partial charge < -0.3 is 133 Å². The van der Waals surface area contributed by atoms with Crippen molar-refractivity contribution in [3.63, 3.8) is 0 Å². The summed E-state index contributed by atoms with van der Waals surface area (Å²) in [7, 11) is 9.89. The molecular weight excluding hydrogens is 1370 g/mol. The SMILES string of the molecule is C[N+]1(CCCCCCOc2cc(/C=C/c3cc(OCCCCCC[N+]4(C)CCCCC4)cc(OCCCCCC[N+]4(C)CCCCC4)c3)cc(OCCCCCC[N+]3(C)CCCCC3)c2)CCCCC1.[I-].[I-].[I-].[I-]. The first kappa shape index (κ1) is 70.2. The highest BCUT2D eigenvalue weighted by Crippen LogP contribution is 2.29. The maximum atomic E-state index is 6.49. The Morgan fingerprint density at radius 3 is 0.703 bits per heavy atom. The normalized spacial score (nSPS) is 18.7. The first-order valence-corrected chi connectivity index (χ1v) is 29.9. The number of benzene rings is 2. The van der Waals surface area contributed by atoms with Crippen molar-refractivity contribution < 1.29 is 133 Å². The van der Waals surface area contributed by atoms with E-state index in [4.69, 9.17) is 18.9 Å². The van der Waals surface area contributed by atoms with Crippen LogP contribution >= 0.6 is 0 Å². The molecule has 0 unspecified atom stereocenters. The predicted molar refractivity (Wildman–Crippen MR) is 296 cm³/mol. The molecule has 6 rings (SSSR count). The van der Waals surface area contributed by atoms with E-state index in [-0.39, 0.29) is 95.9 Å². The molecule has 74 heavy (non-hydrogen) atoms. The Morgan fingerprint density at radius 2 is 0.486 bits per heavy atom. The lowest BCUT2D eigenvalue weighted by Crippen LogP contribution is -3.00. The van der Waals surface area contributed by atoms with Gasteiger partial charge in [0.1, 0.15) is 23.0 Å². The van der Waals surface area contributed by atoms with Gasteiger partial charge in [0, 0.05) is 12.1 Å². The molecule has 428 valence electrons. The van der Waals surface area contributed by atoms with E-state index < -0.39 is 0 Å². The highest BCUT2D eigenvalue weighted by atomic mass is 127. The van der Waals surface area contributed by atoms with Crippen LogP contribution in [0.4, 0.5) is 0 Å². The van der Waals surface area contributed by atoms with Crippen molar-refractivity contribution >= 4 is 12.2 Å². The molecule has 0 radical (unpaired) electrons. The van der Waals surface area contributed by atoms with Crippen LogP contribution in [-0.4, -0.2) is 151 Å². The molecule has 0 atom stereocenters. The van der Waals surface area contributed by atoms with Crippen molar-refractivity contribution in [2.24, 2.45) is 0 Å². The molecule has 0 aromatic heterocycles. The molecular formula is C62H108I4N4O4. The average Bonchev–Trinajstić information content (AvgIpc) is 3.35. The molecule has 4 fully saturated rings. The Labute approximate surface area is 523 Å². The van der Waals surface area contributed by atoms with Crippen LogP contribution in [0.3, 0.4) is 0 Å². The van der Waals surface area contributed by atoms with Gasteiger partial charge in [-0.15, -0.1) is 0 Å². The second-order valence-electron chi connectivity index (χ2n) is 24.3. The van der Waals surface area contributed by atoms with Crippen molar-refractivity contribution in [3.05, 3.63) is 47.5 Å². The zero-order chi connectivity index (χ0) is 49.1. The second-order valence-corrected chi connectivity index (χ2v) is 24.3. The summed E-state index contributed by atoms with van der Waals surface area (Å²) >= 11 is 0. The monoisotopic (exact) mass is 1480 g/mol. The van der Waals surface area contributed by atoms with E-state index in [9.17, 15) is 0 Å². The van der Waals surface area contributed by atoms with E-state index in [0.29, 0.717) is 0 Å². The molecule has 12 heteroatoms. The molecule has 2 aromatic carbocycles. The number of rotatable bonds is 34. The highest BCUT2D eigenvalue weighted by molar-refractivity contribution is 5.72. The van der Waals surface area contributed by atoms with Crippen LogP contribution in [0.2, 0.25) is 0 Å². The van der Waals surface area contributed by atoms with Gasteiger partial charge in [0.15, 0.2) is 0 Å². The number of hydrogen-bond acceptors (Lipinski definition) is 4. The number of hydrogen-bond donors (Lipinski definition) is 0. The van der Waals surface area contributed by atoms with Gasteiger partial charge in [-0.25, -0.2) is 0 Å². The molecule has 0 bridgehead atoms. The van der Waals surface area contributed by atoms with Crippen molar-refractivity contribution in [2.75, 3.05) is 133 Å². The van der Waals surface area contributed by atoms with Gasteiger partial charge in [-0.3, -0.25) is 0 Å². The molecule has 0 spiro atoms. The number of piperidine rings is 4. The summed E-state index contributed by atoms with van der Waals surface area (Å²) in [6.45, 7) is 19.2. The minimum absolute atomic E-state index is 0. The van der Waals surface area contributed by atoms with E-state index in [1.165, 1.54) is 251 Å². The number of likely N-dealkylation sites (tertiary alicyclic amines) is 4. The summed E-state index contributed by atoms with van der Waals surface area (Å²) in [5, 5.41) is 0. The van der Waals surface area contributed by atoms with Crippen LogP contribution < -0.4 is 115 Å². The Kier molecular flexibility index (Phi) is 37.5. The molecule has 0 amide bonds. The maximum Gasteiger partial charge on any atom is 0.123 e. The third kappa shape index (κ3) is 28.5. The van der Waals surface area contributed by atoms with Gasteiger partial charge in [0.2, 0.25) is 0 Å². The summed E-state index contributed by atoms with van der Waals surface area (Å²) in [4.78, 5) is 0. The lowest BCUT2D eigenvalue weighted by atomic mass is 10.1. The van der Waals surface area contributed by atoms with Crippen LogP contribution in [0, 0.1) is 0 Å². The quantitative estimate of drug-likeness (QED) is 0.0467. The average molecular weight is 1480 g/mol. The van der Waals surface area contributed by atoms with Crippen molar-refractivity contribution in [2.45, 2.75) is 180 Å². The Bertz CT molecular complexity index is 1520. The Balaban J connectivity index is 0.00000469. The topological polar surface area (TPSA) is 36.9 Å². The van der Waals surface area contributed by atoms with E-state index in [1.807, 2.05) is 0 Å². The van der Waals surface area contributed by atoms with Gasteiger partial charge in [-0.2, -0.15) is 0 Å². The Morgan fingerprint density at radius 1 is 0.284 bits per heavy atom. The first-order chi connectivity index (χ1) is 34.1. The molecule has 0 saturated carbocycles. The smallest absolute Gasteiger partial charge is 0.123 e. The summed E-state index contributed by atoms with van der Waals surface area (Å²) in [6, 6.07) is 13.0.